The van der Waals surface area contributed by atoms with Crippen molar-refractivity contribution in [1.29, 1.82) is 0 Å². The van der Waals surface area contributed by atoms with Gasteiger partial charge in [0, 0.05) is 76.4 Å². The van der Waals surface area contributed by atoms with Gasteiger partial charge < -0.3 is 0 Å². The van der Waals surface area contributed by atoms with Crippen molar-refractivity contribution in [3.05, 3.63) is 0 Å². The van der Waals surface area contributed by atoms with Gasteiger partial charge in [-0.2, -0.15) is 0 Å². The zero-order chi connectivity index (χ0) is 0. The number of hydrogen-bond acceptors (Lipinski definition) is 0. The molecular weight excluding hydrogens is 453 g/mol. The third-order valence-corrected chi connectivity index (χ3v) is 0. The Morgan fingerprint density at radius 3 is 1.00 bits per heavy atom. The second-order valence-electron chi connectivity index (χ2n) is 0. The molecular formula is H3AlAuCuNiPd. The van der Waals surface area contributed by atoms with Crippen LogP contribution in [-0.2, 0) is 76.4 Å². The molecule has 0 atom stereocenters. The zero-order valence-electron chi connectivity index (χ0n) is 1.24. The van der Waals surface area contributed by atoms with Gasteiger partial charge >= 0.3 is 0 Å². The molecule has 0 unspecified atom stereocenters. The monoisotopic (exact) mass is 454 g/mol. The molecule has 5 heteroatoms. The van der Waals surface area contributed by atoms with E-state index in [0.717, 1.165) is 0 Å². The van der Waals surface area contributed by atoms with E-state index >= 15 is 0 Å². The van der Waals surface area contributed by atoms with Crippen LogP contribution in [0.25, 0.3) is 0 Å². The van der Waals surface area contributed by atoms with Crippen molar-refractivity contribution in [3.8, 4) is 0 Å². The maximum Gasteiger partial charge on any atom is 0.187 e. The van der Waals surface area contributed by atoms with Crippen molar-refractivity contribution in [2.45, 2.75) is 0 Å². The zero-order valence-corrected chi connectivity index (χ0v) is 6.89. The van der Waals surface area contributed by atoms with Crippen LogP contribution in [0.3, 0.4) is 0 Å². The van der Waals surface area contributed by atoms with E-state index in [4.69, 9.17) is 0 Å². The molecule has 48 valence electrons. The molecule has 0 rings (SSSR count). The average molecular weight is 456 g/mol. The Bertz CT molecular complexity index is 11.6. The number of rotatable bonds is 0. The van der Waals surface area contributed by atoms with E-state index in [2.05, 4.69) is 0 Å². The minimum absolute atomic E-state index is 0. The van der Waals surface area contributed by atoms with Gasteiger partial charge in [0.05, 0.1) is 0 Å². The van der Waals surface area contributed by atoms with Crippen molar-refractivity contribution in [2.75, 3.05) is 0 Å². The van der Waals surface area contributed by atoms with Crippen molar-refractivity contribution in [3.63, 3.8) is 0 Å². The van der Waals surface area contributed by atoms with Gasteiger partial charge in [0.1, 0.15) is 0 Å². The summed E-state index contributed by atoms with van der Waals surface area (Å²) in [5, 5.41) is 0. The van der Waals surface area contributed by atoms with Gasteiger partial charge in [0.15, 0.2) is 17.4 Å². The second kappa shape index (κ2) is 28.3. The van der Waals surface area contributed by atoms with E-state index in [1.54, 1.807) is 0 Å². The Labute approximate surface area is 92.3 Å². The largest absolute Gasteiger partial charge is 0.187 e. The molecule has 0 aromatic carbocycles. The summed E-state index contributed by atoms with van der Waals surface area (Å²) in [6, 6.07) is 0. The maximum absolute atomic E-state index is 0. The van der Waals surface area contributed by atoms with Crippen LogP contribution in [0.4, 0.5) is 0 Å². The van der Waals surface area contributed by atoms with Crippen LogP contribution in [0.5, 0.6) is 0 Å². The van der Waals surface area contributed by atoms with Gasteiger partial charge in [0.2, 0.25) is 0 Å². The molecule has 5 heavy (non-hydrogen) atoms. The SMILES string of the molecule is [AlH3].[Au].[Cu].[Ni].[Pd]. The molecule has 0 fully saturated rings. The summed E-state index contributed by atoms with van der Waals surface area (Å²) < 4.78 is 0. The van der Waals surface area contributed by atoms with Crippen LogP contribution in [-0.4, -0.2) is 17.4 Å². The first-order valence-electron chi connectivity index (χ1n) is 0. The predicted octanol–water partition coefficient (Wildman–Crippen LogP) is -1.19. The Kier molecular flexibility index (Phi) is 250. The molecule has 0 aliphatic carbocycles. The van der Waals surface area contributed by atoms with Crippen LogP contribution in [0.2, 0.25) is 0 Å². The molecule has 0 nitrogen and oxygen atoms in total. The Hall–Kier alpha value is 2.95. The minimum atomic E-state index is 0. The molecule has 0 aliphatic rings. The summed E-state index contributed by atoms with van der Waals surface area (Å²) in [6.45, 7) is 0. The smallest absolute Gasteiger partial charge is 0 e. The molecule has 0 saturated heterocycles. The maximum atomic E-state index is 0. The van der Waals surface area contributed by atoms with Gasteiger partial charge in [0.25, 0.3) is 0 Å². The molecule has 2 radical (unpaired) electrons. The Morgan fingerprint density at radius 1 is 1.00 bits per heavy atom. The topological polar surface area (TPSA) is 0 Å². The van der Waals surface area contributed by atoms with E-state index in [0.29, 0.717) is 0 Å². The van der Waals surface area contributed by atoms with Gasteiger partial charge in [-0.05, 0) is 0 Å². The Morgan fingerprint density at radius 2 is 1.00 bits per heavy atom. The molecule has 0 bridgehead atoms. The third kappa shape index (κ3) is 19.6. The number of hydrogen-bond donors (Lipinski definition) is 0. The van der Waals surface area contributed by atoms with E-state index in [-0.39, 0.29) is 93.7 Å². The van der Waals surface area contributed by atoms with Gasteiger partial charge in [-0.1, -0.05) is 0 Å². The predicted molar refractivity (Wildman–Crippen MR) is 9.94 cm³/mol. The molecule has 0 amide bonds. The quantitative estimate of drug-likeness (QED) is 0.403. The van der Waals surface area contributed by atoms with Crippen LogP contribution < -0.4 is 0 Å². The van der Waals surface area contributed by atoms with Gasteiger partial charge in [-0.15, -0.1) is 0 Å². The summed E-state index contributed by atoms with van der Waals surface area (Å²) in [6.07, 6.45) is 0. The molecule has 0 aliphatic heterocycles. The van der Waals surface area contributed by atoms with Crippen LogP contribution in [0.15, 0.2) is 0 Å². The summed E-state index contributed by atoms with van der Waals surface area (Å²) >= 11 is 0. The van der Waals surface area contributed by atoms with E-state index in [1.807, 2.05) is 0 Å². The first-order valence-corrected chi connectivity index (χ1v) is 0. The van der Waals surface area contributed by atoms with E-state index in [9.17, 15) is 0 Å². The van der Waals surface area contributed by atoms with Gasteiger partial charge in [-0.3, -0.25) is 0 Å². The van der Waals surface area contributed by atoms with Crippen LogP contribution >= 0.6 is 0 Å². The molecule has 0 N–H and O–H groups in total. The van der Waals surface area contributed by atoms with Crippen molar-refractivity contribution in [1.82, 2.24) is 0 Å². The minimum Gasteiger partial charge on any atom is 0 e. The fourth-order valence-corrected chi connectivity index (χ4v) is 0. The second-order valence-corrected chi connectivity index (χ2v) is 0. The summed E-state index contributed by atoms with van der Waals surface area (Å²) in [4.78, 5) is 0. The third-order valence-electron chi connectivity index (χ3n) is 0. The fraction of sp³-hybridized carbons (Fsp3) is 0. The first kappa shape index (κ1) is 44.1. The van der Waals surface area contributed by atoms with E-state index in [1.165, 1.54) is 0 Å². The normalized spacial score (nSPS) is 0. The van der Waals surface area contributed by atoms with Crippen LogP contribution in [0.1, 0.15) is 0 Å². The fourth-order valence-electron chi connectivity index (χ4n) is 0. The van der Waals surface area contributed by atoms with Crippen molar-refractivity contribution >= 4 is 17.4 Å². The molecule has 0 saturated carbocycles. The summed E-state index contributed by atoms with van der Waals surface area (Å²) in [5.74, 6) is 0. The van der Waals surface area contributed by atoms with Crippen molar-refractivity contribution in [2.24, 2.45) is 0 Å². The van der Waals surface area contributed by atoms with Crippen molar-refractivity contribution < 1.29 is 76.4 Å². The molecule has 0 spiro atoms. The van der Waals surface area contributed by atoms with E-state index < -0.39 is 0 Å². The van der Waals surface area contributed by atoms with Gasteiger partial charge in [-0.25, -0.2) is 0 Å². The molecule has 0 aromatic heterocycles. The van der Waals surface area contributed by atoms with Crippen LogP contribution in [0, 0.1) is 0 Å². The first-order chi connectivity index (χ1) is 0. The summed E-state index contributed by atoms with van der Waals surface area (Å²) in [7, 11) is 0. The molecule has 0 heterocycles. The molecule has 0 aromatic rings. The Balaban J connectivity index is 0. The summed E-state index contributed by atoms with van der Waals surface area (Å²) in [5.41, 5.74) is 0. The average Bonchev–Trinajstić information content (AvgIpc) is 0. The standard InChI is InChI=1S/Al.Au.Cu.Ni.Pd.3H.